The summed E-state index contributed by atoms with van der Waals surface area (Å²) in [6.45, 7) is 1.46. The predicted octanol–water partition coefficient (Wildman–Crippen LogP) is 2.29. The van der Waals surface area contributed by atoms with Crippen molar-refractivity contribution >= 4 is 40.8 Å². The first-order valence-corrected chi connectivity index (χ1v) is 9.74. The number of aryl methyl sites for hydroxylation is 1. The van der Waals surface area contributed by atoms with E-state index in [9.17, 15) is 19.2 Å². The van der Waals surface area contributed by atoms with Gasteiger partial charge in [-0.25, -0.2) is 9.89 Å². The topological polar surface area (TPSA) is 169 Å². The summed E-state index contributed by atoms with van der Waals surface area (Å²) in [5.41, 5.74) is 0.142. The fourth-order valence-electron chi connectivity index (χ4n) is 2.49. The molecular weight excluding hydrogens is 469 g/mol. The number of esters is 1. The minimum atomic E-state index is -0.880. The minimum absolute atomic E-state index is 0.0212. The van der Waals surface area contributed by atoms with E-state index in [0.717, 1.165) is 0 Å². The molecule has 12 nitrogen and oxygen atoms in total. The van der Waals surface area contributed by atoms with E-state index < -0.39 is 23.2 Å². The van der Waals surface area contributed by atoms with Crippen molar-refractivity contribution in [2.45, 2.75) is 19.8 Å². The monoisotopic (exact) mass is 483 g/mol. The summed E-state index contributed by atoms with van der Waals surface area (Å²) in [6, 6.07) is 4.12. The van der Waals surface area contributed by atoms with Crippen LogP contribution in [0.25, 0.3) is 0 Å². The number of amides is 1. The third kappa shape index (κ3) is 5.95. The van der Waals surface area contributed by atoms with Gasteiger partial charge in [-0.1, -0.05) is 23.2 Å². The van der Waals surface area contributed by atoms with Crippen LogP contribution < -0.4 is 21.4 Å². The first kappa shape index (κ1) is 23.0. The molecule has 0 aliphatic carbocycles. The van der Waals surface area contributed by atoms with Gasteiger partial charge in [0.15, 0.2) is 5.75 Å². The zero-order valence-corrected chi connectivity index (χ0v) is 17.9. The van der Waals surface area contributed by atoms with Crippen molar-refractivity contribution in [3.05, 3.63) is 60.5 Å². The molecule has 3 rings (SSSR count). The molecular formula is C18H15Cl2N5O7. The highest BCUT2D eigenvalue weighted by molar-refractivity contribution is 6.37. The Labute approximate surface area is 188 Å². The van der Waals surface area contributed by atoms with Crippen molar-refractivity contribution < 1.29 is 23.6 Å². The fraction of sp³-hybridized carbons (Fsp3) is 0.222. The van der Waals surface area contributed by atoms with Gasteiger partial charge in [0.2, 0.25) is 11.7 Å². The molecule has 0 fully saturated rings. The van der Waals surface area contributed by atoms with E-state index in [1.807, 2.05) is 0 Å². The first-order chi connectivity index (χ1) is 15.2. The highest BCUT2D eigenvalue weighted by Crippen LogP contribution is 2.38. The number of halogens is 2. The number of nitrogens with zero attached hydrogens (tertiary/aromatic N) is 2. The quantitative estimate of drug-likeness (QED) is 0.321. The Balaban J connectivity index is 1.72. The smallest absolute Gasteiger partial charge is 0.439 e. The summed E-state index contributed by atoms with van der Waals surface area (Å²) in [5, 5.41) is 11.9. The lowest BCUT2D eigenvalue weighted by Gasteiger charge is -2.11. The molecule has 2 heterocycles. The van der Waals surface area contributed by atoms with E-state index >= 15 is 0 Å². The number of H-pyrrole nitrogens is 2. The average Bonchev–Trinajstić information content (AvgIpc) is 3.16. The number of anilines is 1. The van der Waals surface area contributed by atoms with E-state index in [1.165, 1.54) is 25.1 Å². The highest BCUT2D eigenvalue weighted by atomic mass is 35.5. The Morgan fingerprint density at radius 3 is 2.53 bits per heavy atom. The number of hydrogen-bond donors (Lipinski definition) is 3. The molecule has 0 bridgehead atoms. The van der Waals surface area contributed by atoms with Crippen LogP contribution in [0.5, 0.6) is 11.6 Å². The molecule has 168 valence electrons. The summed E-state index contributed by atoms with van der Waals surface area (Å²) >= 11 is 12.4. The van der Waals surface area contributed by atoms with Gasteiger partial charge in [-0.05, 0) is 30.1 Å². The second-order valence-electron chi connectivity index (χ2n) is 6.27. The van der Waals surface area contributed by atoms with Gasteiger partial charge in [0.05, 0.1) is 16.7 Å². The lowest BCUT2D eigenvalue weighted by atomic mass is 10.2. The zero-order chi connectivity index (χ0) is 23.3. The first-order valence-electron chi connectivity index (χ1n) is 8.99. The number of carbonyl (C=O) groups excluding carboxylic acids is 2. The maximum atomic E-state index is 12.0. The molecule has 3 aromatic rings. The minimum Gasteiger partial charge on any atom is -0.466 e. The van der Waals surface area contributed by atoms with Gasteiger partial charge in [0, 0.05) is 24.2 Å². The Morgan fingerprint density at radius 2 is 1.91 bits per heavy atom. The van der Waals surface area contributed by atoms with E-state index in [-0.39, 0.29) is 39.8 Å². The van der Waals surface area contributed by atoms with Crippen molar-refractivity contribution in [3.63, 3.8) is 0 Å². The molecule has 0 atom stereocenters. The Hall–Kier alpha value is -3.64. The SMILES string of the molecule is CC(=O)OCCCc1cc(Oc2c(Cl)cc(NC(=O)c3noc(=O)[nH]3)cc2Cl)n[nH]c1=O. The summed E-state index contributed by atoms with van der Waals surface area (Å²) in [7, 11) is 0. The predicted molar refractivity (Wildman–Crippen MR) is 111 cm³/mol. The van der Waals surface area contributed by atoms with Crippen LogP contribution in [0.1, 0.15) is 29.5 Å². The van der Waals surface area contributed by atoms with E-state index in [0.29, 0.717) is 18.4 Å². The van der Waals surface area contributed by atoms with E-state index in [2.05, 4.69) is 30.2 Å². The molecule has 0 unspecified atom stereocenters. The second-order valence-corrected chi connectivity index (χ2v) is 7.09. The lowest BCUT2D eigenvalue weighted by Crippen LogP contribution is -2.15. The van der Waals surface area contributed by atoms with Crippen molar-refractivity contribution in [3.8, 4) is 11.6 Å². The molecule has 32 heavy (non-hydrogen) atoms. The van der Waals surface area contributed by atoms with Gasteiger partial charge in [0.1, 0.15) is 0 Å². The molecule has 1 aromatic carbocycles. The number of hydrogen-bond acceptors (Lipinski definition) is 9. The fourth-order valence-corrected chi connectivity index (χ4v) is 3.06. The van der Waals surface area contributed by atoms with Crippen LogP contribution in [0.4, 0.5) is 5.69 Å². The zero-order valence-electron chi connectivity index (χ0n) is 16.4. The number of aromatic amines is 2. The third-order valence-electron chi connectivity index (χ3n) is 3.87. The molecule has 0 saturated heterocycles. The molecule has 3 N–H and O–H groups in total. The molecule has 0 aliphatic heterocycles. The molecule has 1 amide bonds. The summed E-state index contributed by atoms with van der Waals surface area (Å²) in [6.07, 6.45) is 0.747. The Morgan fingerprint density at radius 1 is 1.19 bits per heavy atom. The van der Waals surface area contributed by atoms with Gasteiger partial charge in [-0.15, -0.1) is 5.10 Å². The number of rotatable bonds is 8. The summed E-state index contributed by atoms with van der Waals surface area (Å²) in [5.74, 6) is -2.32. The molecule has 14 heteroatoms. The Kier molecular flexibility index (Phi) is 7.28. The Bertz CT molecular complexity index is 1240. The second kappa shape index (κ2) is 10.1. The van der Waals surface area contributed by atoms with Crippen LogP contribution in [0, 0.1) is 0 Å². The summed E-state index contributed by atoms with van der Waals surface area (Å²) < 4.78 is 14.7. The van der Waals surface area contributed by atoms with Crippen LogP contribution in [-0.2, 0) is 16.0 Å². The average molecular weight is 484 g/mol. The number of carbonyl (C=O) groups is 2. The molecule has 0 radical (unpaired) electrons. The lowest BCUT2D eigenvalue weighted by molar-refractivity contribution is -0.141. The van der Waals surface area contributed by atoms with Crippen LogP contribution in [0.2, 0.25) is 10.0 Å². The van der Waals surface area contributed by atoms with Crippen LogP contribution in [-0.4, -0.2) is 38.8 Å². The number of nitrogens with one attached hydrogen (secondary N) is 3. The van der Waals surface area contributed by atoms with Crippen molar-refractivity contribution in [1.29, 1.82) is 0 Å². The summed E-state index contributed by atoms with van der Waals surface area (Å²) in [4.78, 5) is 47.9. The van der Waals surface area contributed by atoms with Gasteiger partial charge in [-0.2, -0.15) is 0 Å². The van der Waals surface area contributed by atoms with Gasteiger partial charge < -0.3 is 14.8 Å². The van der Waals surface area contributed by atoms with Crippen LogP contribution in [0.15, 0.2) is 32.3 Å². The maximum absolute atomic E-state index is 12.0. The number of aromatic nitrogens is 4. The molecule has 2 aromatic heterocycles. The molecule has 0 aliphatic rings. The molecule has 0 saturated carbocycles. The van der Waals surface area contributed by atoms with E-state index in [4.69, 9.17) is 32.7 Å². The van der Waals surface area contributed by atoms with Crippen molar-refractivity contribution in [2.75, 3.05) is 11.9 Å². The highest BCUT2D eigenvalue weighted by Gasteiger charge is 2.16. The maximum Gasteiger partial charge on any atom is 0.439 e. The largest absolute Gasteiger partial charge is 0.466 e. The van der Waals surface area contributed by atoms with Crippen molar-refractivity contribution in [2.24, 2.45) is 0 Å². The molecule has 0 spiro atoms. The van der Waals surface area contributed by atoms with Crippen molar-refractivity contribution in [1.82, 2.24) is 20.3 Å². The van der Waals surface area contributed by atoms with E-state index in [1.54, 1.807) is 0 Å². The third-order valence-corrected chi connectivity index (χ3v) is 4.43. The van der Waals surface area contributed by atoms with Gasteiger partial charge in [-0.3, -0.25) is 23.9 Å². The van der Waals surface area contributed by atoms with Crippen LogP contribution in [0.3, 0.4) is 0 Å². The number of benzene rings is 1. The van der Waals surface area contributed by atoms with Crippen LogP contribution >= 0.6 is 23.2 Å². The standard InChI is InChI=1S/C18H15Cl2N5O7/c1-8(26)30-4-2-3-9-5-13(23-24-16(9)27)31-14-11(19)6-10(7-12(14)20)21-17(28)15-22-18(29)32-25-15/h5-7H,2-4H2,1H3,(H,21,28)(H,24,27)(H,22,25,29). The van der Waals surface area contributed by atoms with Gasteiger partial charge in [0.25, 0.3) is 11.5 Å². The number of ether oxygens (including phenoxy) is 2. The van der Waals surface area contributed by atoms with Gasteiger partial charge >= 0.3 is 11.7 Å². The normalized spacial score (nSPS) is 10.6.